The molecule has 1 aromatic heterocycles. The molecule has 3 rings (SSSR count). The first-order chi connectivity index (χ1) is 13.9. The number of carboxylic acids is 1. The molecule has 0 bridgehead atoms. The molecule has 3 aromatic rings. The molecule has 0 aliphatic carbocycles. The third kappa shape index (κ3) is 5.14. The maximum atomic E-state index is 11.0. The fourth-order valence-electron chi connectivity index (χ4n) is 3.13. The van der Waals surface area contributed by atoms with Crippen molar-refractivity contribution in [2.75, 3.05) is 5.75 Å². The molecule has 0 aliphatic heterocycles. The molecule has 4 nitrogen and oxygen atoms in total. The molecule has 1 heterocycles. The largest absolute Gasteiger partial charge is 0.481 e. The SMILES string of the molecule is CC(C)(C)c1ccc(-c2nc(SCC(=O)O)oc2-c2ccc(C(C)(C)C)cc2)cc1. The van der Waals surface area contributed by atoms with Crippen LogP contribution in [0.2, 0.25) is 0 Å². The second-order valence-electron chi connectivity index (χ2n) is 9.49. The Bertz CT molecular complexity index is 945. The van der Waals surface area contributed by atoms with Crippen LogP contribution in [0.3, 0.4) is 0 Å². The molecule has 0 saturated carbocycles. The van der Waals surface area contributed by atoms with Gasteiger partial charge >= 0.3 is 5.97 Å². The summed E-state index contributed by atoms with van der Waals surface area (Å²) in [6.45, 7) is 13.1. The van der Waals surface area contributed by atoms with E-state index in [1.807, 2.05) is 12.1 Å². The fourth-order valence-corrected chi connectivity index (χ4v) is 3.67. The first kappa shape index (κ1) is 22.2. The molecular weight excluding hydrogens is 394 g/mol. The van der Waals surface area contributed by atoms with Crippen molar-refractivity contribution in [3.63, 3.8) is 0 Å². The number of rotatable bonds is 5. The van der Waals surface area contributed by atoms with Crippen molar-refractivity contribution in [2.45, 2.75) is 57.6 Å². The summed E-state index contributed by atoms with van der Waals surface area (Å²) >= 11 is 1.09. The highest BCUT2D eigenvalue weighted by atomic mass is 32.2. The molecule has 0 saturated heterocycles. The van der Waals surface area contributed by atoms with Gasteiger partial charge in [0.05, 0.1) is 0 Å². The number of oxazole rings is 1. The molecule has 0 fully saturated rings. The van der Waals surface area contributed by atoms with Crippen LogP contribution in [-0.4, -0.2) is 21.8 Å². The molecule has 0 unspecified atom stereocenters. The van der Waals surface area contributed by atoms with Crippen LogP contribution in [0.15, 0.2) is 58.2 Å². The van der Waals surface area contributed by atoms with Gasteiger partial charge in [-0.05, 0) is 22.0 Å². The Kier molecular flexibility index (Phi) is 6.14. The van der Waals surface area contributed by atoms with Gasteiger partial charge < -0.3 is 9.52 Å². The van der Waals surface area contributed by atoms with Crippen molar-refractivity contribution in [1.29, 1.82) is 0 Å². The Balaban J connectivity index is 2.04. The number of nitrogens with zero attached hydrogens (tertiary/aromatic N) is 1. The summed E-state index contributed by atoms with van der Waals surface area (Å²) in [6, 6.07) is 16.6. The number of thioether (sulfide) groups is 1. The van der Waals surface area contributed by atoms with E-state index in [2.05, 4.69) is 82.9 Å². The average molecular weight is 424 g/mol. The zero-order valence-corrected chi connectivity index (χ0v) is 19.3. The Morgan fingerprint density at radius 1 is 0.867 bits per heavy atom. The minimum Gasteiger partial charge on any atom is -0.481 e. The van der Waals surface area contributed by atoms with Crippen molar-refractivity contribution in [3.05, 3.63) is 59.7 Å². The molecule has 2 aromatic carbocycles. The zero-order valence-electron chi connectivity index (χ0n) is 18.4. The third-order valence-corrected chi connectivity index (χ3v) is 5.78. The molecule has 1 N–H and O–H groups in total. The lowest BCUT2D eigenvalue weighted by Crippen LogP contribution is -2.10. The molecule has 0 aliphatic rings. The molecular formula is C25H29NO3S. The topological polar surface area (TPSA) is 63.3 Å². The van der Waals surface area contributed by atoms with Crippen LogP contribution in [0.1, 0.15) is 52.7 Å². The van der Waals surface area contributed by atoms with Crippen molar-refractivity contribution in [3.8, 4) is 22.6 Å². The van der Waals surface area contributed by atoms with Crippen LogP contribution in [-0.2, 0) is 15.6 Å². The molecule has 0 spiro atoms. The number of carboxylic acid groups (broad SMARTS) is 1. The minimum atomic E-state index is -0.898. The second-order valence-corrected chi connectivity index (χ2v) is 10.4. The Morgan fingerprint density at radius 3 is 1.77 bits per heavy atom. The van der Waals surface area contributed by atoms with Crippen LogP contribution in [0.25, 0.3) is 22.6 Å². The number of carbonyl (C=O) groups is 1. The molecule has 0 amide bonds. The van der Waals surface area contributed by atoms with Gasteiger partial charge in [0.1, 0.15) is 11.4 Å². The van der Waals surface area contributed by atoms with Gasteiger partial charge in [0, 0.05) is 11.1 Å². The summed E-state index contributed by atoms with van der Waals surface area (Å²) < 4.78 is 6.02. The van der Waals surface area contributed by atoms with E-state index >= 15 is 0 Å². The second kappa shape index (κ2) is 8.31. The molecule has 158 valence electrons. The predicted molar refractivity (Wildman–Crippen MR) is 123 cm³/mol. The molecule has 0 radical (unpaired) electrons. The van der Waals surface area contributed by atoms with Gasteiger partial charge in [0.2, 0.25) is 0 Å². The lowest BCUT2D eigenvalue weighted by Gasteiger charge is -2.19. The third-order valence-electron chi connectivity index (χ3n) is 4.96. The van der Waals surface area contributed by atoms with Crippen molar-refractivity contribution in [1.82, 2.24) is 4.98 Å². The van der Waals surface area contributed by atoms with Crippen LogP contribution in [0.5, 0.6) is 0 Å². The highest BCUT2D eigenvalue weighted by Crippen LogP contribution is 2.37. The van der Waals surface area contributed by atoms with Gasteiger partial charge in [-0.2, -0.15) is 0 Å². The van der Waals surface area contributed by atoms with E-state index in [0.29, 0.717) is 11.0 Å². The first-order valence-corrected chi connectivity index (χ1v) is 11.0. The number of aromatic nitrogens is 1. The molecule has 5 heteroatoms. The van der Waals surface area contributed by atoms with Gasteiger partial charge in [-0.3, -0.25) is 4.79 Å². The number of benzene rings is 2. The van der Waals surface area contributed by atoms with Crippen LogP contribution < -0.4 is 0 Å². The van der Waals surface area contributed by atoms with Crippen LogP contribution in [0, 0.1) is 0 Å². The predicted octanol–water partition coefficient (Wildman–Crippen LogP) is 6.78. The minimum absolute atomic E-state index is 0.0636. The highest BCUT2D eigenvalue weighted by molar-refractivity contribution is 7.99. The Hall–Kier alpha value is -2.53. The summed E-state index contributed by atoms with van der Waals surface area (Å²) in [5, 5.41) is 9.37. The summed E-state index contributed by atoms with van der Waals surface area (Å²) in [4.78, 5) is 15.6. The van der Waals surface area contributed by atoms with Crippen LogP contribution in [0.4, 0.5) is 0 Å². The van der Waals surface area contributed by atoms with Crippen molar-refractivity contribution >= 4 is 17.7 Å². The van der Waals surface area contributed by atoms with E-state index in [-0.39, 0.29) is 16.6 Å². The monoisotopic (exact) mass is 423 g/mol. The number of hydrogen-bond donors (Lipinski definition) is 1. The fraction of sp³-hybridized carbons (Fsp3) is 0.360. The number of hydrogen-bond acceptors (Lipinski definition) is 4. The van der Waals surface area contributed by atoms with E-state index < -0.39 is 5.97 Å². The summed E-state index contributed by atoms with van der Waals surface area (Å²) in [6.07, 6.45) is 0. The van der Waals surface area contributed by atoms with Gasteiger partial charge in [-0.15, -0.1) is 0 Å². The Morgan fingerprint density at radius 2 is 1.33 bits per heavy atom. The van der Waals surface area contributed by atoms with Gasteiger partial charge in [-0.1, -0.05) is 102 Å². The normalized spacial score (nSPS) is 12.2. The average Bonchev–Trinajstić information content (AvgIpc) is 3.09. The molecule has 0 atom stereocenters. The number of aliphatic carboxylic acids is 1. The van der Waals surface area contributed by atoms with E-state index in [1.54, 1.807) is 0 Å². The van der Waals surface area contributed by atoms with E-state index in [0.717, 1.165) is 28.6 Å². The quantitative estimate of drug-likeness (QED) is 0.458. The van der Waals surface area contributed by atoms with E-state index in [1.165, 1.54) is 11.1 Å². The van der Waals surface area contributed by atoms with Crippen molar-refractivity contribution in [2.24, 2.45) is 0 Å². The van der Waals surface area contributed by atoms with Crippen molar-refractivity contribution < 1.29 is 14.3 Å². The van der Waals surface area contributed by atoms with E-state index in [9.17, 15) is 4.79 Å². The summed E-state index contributed by atoms with van der Waals surface area (Å²) in [5.41, 5.74) is 5.21. The highest BCUT2D eigenvalue weighted by Gasteiger charge is 2.20. The Labute approximate surface area is 182 Å². The standard InChI is InChI=1S/C25H29NO3S/c1-24(2,3)18-11-7-16(8-12-18)21-22(29-23(26-21)30-15-20(27)28)17-9-13-19(14-10-17)25(4,5)6/h7-14H,15H2,1-6H3,(H,27,28). The van der Waals surface area contributed by atoms with Gasteiger partial charge in [0.25, 0.3) is 5.22 Å². The van der Waals surface area contributed by atoms with E-state index in [4.69, 9.17) is 9.52 Å². The molecule has 30 heavy (non-hydrogen) atoms. The lowest BCUT2D eigenvalue weighted by atomic mass is 9.86. The summed E-state index contributed by atoms with van der Waals surface area (Å²) in [7, 11) is 0. The van der Waals surface area contributed by atoms with Gasteiger partial charge in [-0.25, -0.2) is 4.98 Å². The first-order valence-electron chi connectivity index (χ1n) is 10.0. The van der Waals surface area contributed by atoms with Crippen LogP contribution >= 0.6 is 11.8 Å². The summed E-state index contributed by atoms with van der Waals surface area (Å²) in [5.74, 6) is -0.331. The lowest BCUT2D eigenvalue weighted by molar-refractivity contribution is -0.133. The smallest absolute Gasteiger partial charge is 0.314 e. The zero-order chi connectivity index (χ0) is 22.1. The van der Waals surface area contributed by atoms with Gasteiger partial charge in [0.15, 0.2) is 5.76 Å². The maximum absolute atomic E-state index is 11.0. The maximum Gasteiger partial charge on any atom is 0.314 e.